The Balaban J connectivity index is 2.73. The van der Waals surface area contributed by atoms with Crippen molar-refractivity contribution in [1.82, 2.24) is 9.97 Å². The van der Waals surface area contributed by atoms with Gasteiger partial charge in [-0.2, -0.15) is 0 Å². The number of hydrogen-bond donors (Lipinski definition) is 1. The summed E-state index contributed by atoms with van der Waals surface area (Å²) in [6.45, 7) is 0. The van der Waals surface area contributed by atoms with Crippen LogP contribution in [0.4, 0.5) is 0 Å². The summed E-state index contributed by atoms with van der Waals surface area (Å²) >= 11 is 11.1. The molecule has 0 aliphatic heterocycles. The Morgan fingerprint density at radius 3 is 2.93 bits per heavy atom. The number of halogens is 2. The van der Waals surface area contributed by atoms with E-state index in [9.17, 15) is 4.79 Å². The summed E-state index contributed by atoms with van der Waals surface area (Å²) < 4.78 is 0. The minimum Gasteiger partial charge on any atom is -0.345 e. The summed E-state index contributed by atoms with van der Waals surface area (Å²) in [7, 11) is 0. The van der Waals surface area contributed by atoms with Crippen LogP contribution in [0.15, 0.2) is 18.5 Å². The zero-order valence-electron chi connectivity index (χ0n) is 7.05. The van der Waals surface area contributed by atoms with Crippen molar-refractivity contribution < 1.29 is 4.79 Å². The average molecular weight is 229 g/mol. The summed E-state index contributed by atoms with van der Waals surface area (Å²) in [5, 5.41) is -0.493. The number of carbonyl (C=O) groups is 1. The Labute approximate surface area is 90.0 Å². The molecule has 0 amide bonds. The number of rotatable bonds is 2. The highest BCUT2D eigenvalue weighted by Crippen LogP contribution is 2.20. The Morgan fingerprint density at radius 1 is 1.50 bits per heavy atom. The second kappa shape index (κ2) is 3.59. The van der Waals surface area contributed by atoms with Crippen molar-refractivity contribution in [3.63, 3.8) is 0 Å². The van der Waals surface area contributed by atoms with E-state index in [0.717, 1.165) is 16.6 Å². The smallest absolute Gasteiger partial charge is 0.252 e. The van der Waals surface area contributed by atoms with Gasteiger partial charge in [-0.25, -0.2) is 4.98 Å². The Kier molecular flexibility index (Phi) is 2.44. The summed E-state index contributed by atoms with van der Waals surface area (Å²) in [5.74, 6) is 0.305. The minimum absolute atomic E-state index is 0.305. The topological polar surface area (TPSA) is 45.8 Å². The number of imidazole rings is 1. The van der Waals surface area contributed by atoms with Gasteiger partial charge in [0.2, 0.25) is 0 Å². The van der Waals surface area contributed by atoms with Crippen molar-refractivity contribution in [3.8, 4) is 0 Å². The predicted octanol–water partition coefficient (Wildman–Crippen LogP) is 2.68. The number of alkyl halides is 1. The van der Waals surface area contributed by atoms with Gasteiger partial charge in [-0.1, -0.05) is 0 Å². The van der Waals surface area contributed by atoms with Gasteiger partial charge in [0.25, 0.3) is 5.24 Å². The highest BCUT2D eigenvalue weighted by molar-refractivity contribution is 6.67. The Bertz CT molecular complexity index is 493. The van der Waals surface area contributed by atoms with E-state index in [-0.39, 0.29) is 0 Å². The highest BCUT2D eigenvalue weighted by atomic mass is 35.5. The molecule has 3 nitrogen and oxygen atoms in total. The van der Waals surface area contributed by atoms with Crippen LogP contribution in [0.2, 0.25) is 0 Å². The molecule has 0 spiro atoms. The van der Waals surface area contributed by atoms with Crippen LogP contribution in [0.25, 0.3) is 11.0 Å². The van der Waals surface area contributed by atoms with Gasteiger partial charge in [-0.05, 0) is 29.3 Å². The van der Waals surface area contributed by atoms with Gasteiger partial charge < -0.3 is 4.98 Å². The van der Waals surface area contributed by atoms with E-state index < -0.39 is 5.24 Å². The van der Waals surface area contributed by atoms with Crippen molar-refractivity contribution in [2.45, 2.75) is 5.88 Å². The molecule has 14 heavy (non-hydrogen) atoms. The first kappa shape index (κ1) is 9.49. The molecule has 0 aliphatic rings. The van der Waals surface area contributed by atoms with Crippen molar-refractivity contribution >= 4 is 39.5 Å². The molecule has 1 heterocycles. The number of carbonyl (C=O) groups excluding carboxylic acids is 1. The van der Waals surface area contributed by atoms with Gasteiger partial charge in [0, 0.05) is 11.4 Å². The molecule has 0 unspecified atom stereocenters. The van der Waals surface area contributed by atoms with Crippen LogP contribution in [0, 0.1) is 0 Å². The molecule has 2 aromatic rings. The van der Waals surface area contributed by atoms with E-state index >= 15 is 0 Å². The number of nitrogens with zero attached hydrogens (tertiary/aromatic N) is 1. The maximum absolute atomic E-state index is 11.0. The minimum atomic E-state index is -0.493. The molecule has 0 atom stereocenters. The van der Waals surface area contributed by atoms with Gasteiger partial charge in [0.05, 0.1) is 17.4 Å². The highest BCUT2D eigenvalue weighted by Gasteiger charge is 2.09. The van der Waals surface area contributed by atoms with Crippen LogP contribution in [0.1, 0.15) is 15.9 Å². The lowest BCUT2D eigenvalue weighted by atomic mass is 10.1. The molecular weight excluding hydrogens is 223 g/mol. The lowest BCUT2D eigenvalue weighted by molar-refractivity contribution is 0.108. The van der Waals surface area contributed by atoms with Crippen LogP contribution in [-0.2, 0) is 5.88 Å². The van der Waals surface area contributed by atoms with Crippen LogP contribution >= 0.6 is 23.2 Å². The lowest BCUT2D eigenvalue weighted by Crippen LogP contribution is -1.92. The van der Waals surface area contributed by atoms with E-state index in [1.54, 1.807) is 18.5 Å². The zero-order valence-corrected chi connectivity index (χ0v) is 8.56. The molecule has 0 saturated carbocycles. The van der Waals surface area contributed by atoms with E-state index in [2.05, 4.69) is 9.97 Å². The fourth-order valence-electron chi connectivity index (χ4n) is 1.34. The first-order valence-electron chi connectivity index (χ1n) is 3.94. The third-order valence-corrected chi connectivity index (χ3v) is 2.48. The largest absolute Gasteiger partial charge is 0.345 e. The molecule has 0 bridgehead atoms. The molecule has 0 aliphatic carbocycles. The summed E-state index contributed by atoms with van der Waals surface area (Å²) in [5.41, 5.74) is 2.78. The second-order valence-electron chi connectivity index (χ2n) is 2.84. The first-order valence-corrected chi connectivity index (χ1v) is 4.85. The molecule has 5 heteroatoms. The van der Waals surface area contributed by atoms with E-state index in [4.69, 9.17) is 23.2 Å². The third kappa shape index (κ3) is 1.49. The zero-order chi connectivity index (χ0) is 10.1. The van der Waals surface area contributed by atoms with Crippen LogP contribution < -0.4 is 0 Å². The Hall–Kier alpha value is -1.06. The molecule has 1 aromatic carbocycles. The quantitative estimate of drug-likeness (QED) is 0.635. The number of aromatic nitrogens is 2. The van der Waals surface area contributed by atoms with Gasteiger partial charge >= 0.3 is 0 Å². The molecule has 1 aromatic heterocycles. The number of H-pyrrole nitrogens is 1. The van der Waals surface area contributed by atoms with Crippen molar-refractivity contribution in [1.29, 1.82) is 0 Å². The number of fused-ring (bicyclic) bond motifs is 1. The number of hydrogen-bond acceptors (Lipinski definition) is 2. The molecule has 2 rings (SSSR count). The monoisotopic (exact) mass is 228 g/mol. The third-order valence-electron chi connectivity index (χ3n) is 1.97. The van der Waals surface area contributed by atoms with Crippen LogP contribution in [0.3, 0.4) is 0 Å². The fourth-order valence-corrected chi connectivity index (χ4v) is 1.65. The Morgan fingerprint density at radius 2 is 2.29 bits per heavy atom. The first-order chi connectivity index (χ1) is 6.72. The summed E-state index contributed by atoms with van der Waals surface area (Å²) in [6.07, 6.45) is 1.56. The van der Waals surface area contributed by atoms with Gasteiger partial charge in [0.15, 0.2) is 0 Å². The number of nitrogens with one attached hydrogen (secondary N) is 1. The standard InChI is InChI=1S/C9H6Cl2N2O/c10-3-6-1-5(9(11)14)2-7-8(6)13-4-12-7/h1-2,4H,3H2,(H,12,13). The molecule has 0 radical (unpaired) electrons. The van der Waals surface area contributed by atoms with E-state index in [1.165, 1.54) is 0 Å². The molecule has 72 valence electrons. The SMILES string of the molecule is O=C(Cl)c1cc(CCl)c2nc[nH]c2c1. The molecule has 0 saturated heterocycles. The number of aromatic amines is 1. The molecule has 1 N–H and O–H groups in total. The van der Waals surface area contributed by atoms with Crippen molar-refractivity contribution in [2.75, 3.05) is 0 Å². The summed E-state index contributed by atoms with van der Waals surface area (Å²) in [6, 6.07) is 3.32. The maximum Gasteiger partial charge on any atom is 0.252 e. The molecule has 0 fully saturated rings. The van der Waals surface area contributed by atoms with Crippen molar-refractivity contribution in [3.05, 3.63) is 29.6 Å². The van der Waals surface area contributed by atoms with Gasteiger partial charge in [-0.15, -0.1) is 11.6 Å². The van der Waals surface area contributed by atoms with Crippen molar-refractivity contribution in [2.24, 2.45) is 0 Å². The lowest BCUT2D eigenvalue weighted by Gasteiger charge is -1.99. The summed E-state index contributed by atoms with van der Waals surface area (Å²) in [4.78, 5) is 18.0. The fraction of sp³-hybridized carbons (Fsp3) is 0.111. The second-order valence-corrected chi connectivity index (χ2v) is 3.45. The van der Waals surface area contributed by atoms with Crippen LogP contribution in [-0.4, -0.2) is 15.2 Å². The van der Waals surface area contributed by atoms with Crippen LogP contribution in [0.5, 0.6) is 0 Å². The van der Waals surface area contributed by atoms with Gasteiger partial charge in [0.1, 0.15) is 0 Å². The van der Waals surface area contributed by atoms with E-state index in [1.807, 2.05) is 0 Å². The predicted molar refractivity (Wildman–Crippen MR) is 55.8 cm³/mol. The molecular formula is C9H6Cl2N2O. The average Bonchev–Trinajstić information content (AvgIpc) is 2.63. The number of benzene rings is 1. The van der Waals surface area contributed by atoms with Gasteiger partial charge in [-0.3, -0.25) is 4.79 Å². The normalized spacial score (nSPS) is 10.7. The maximum atomic E-state index is 11.0. The van der Waals surface area contributed by atoms with E-state index in [0.29, 0.717) is 11.4 Å².